The Bertz CT molecular complexity index is 219. The normalized spacial score (nSPS) is 10.3. The molecule has 56 valence electrons. The molecular weight excluding hydrogens is 241 g/mol. The predicted octanol–water partition coefficient (Wildman–Crippen LogP) is 1.60. The average Bonchev–Trinajstić information content (AvgIpc) is 2.30. The van der Waals surface area contributed by atoms with Gasteiger partial charge < -0.3 is 0 Å². The molecular formula is C6H10IN3. The SMILES string of the molecule is CCc1nnn(I)c1CC. The van der Waals surface area contributed by atoms with Gasteiger partial charge in [0.25, 0.3) is 0 Å². The molecule has 10 heavy (non-hydrogen) atoms. The van der Waals surface area contributed by atoms with Gasteiger partial charge in [0.1, 0.15) is 0 Å². The van der Waals surface area contributed by atoms with Crippen molar-refractivity contribution < 1.29 is 0 Å². The lowest BCUT2D eigenvalue weighted by Gasteiger charge is -1.94. The van der Waals surface area contributed by atoms with E-state index in [1.165, 1.54) is 5.69 Å². The Morgan fingerprint density at radius 2 is 2.10 bits per heavy atom. The van der Waals surface area contributed by atoms with E-state index in [0.29, 0.717) is 0 Å². The molecule has 0 spiro atoms. The minimum atomic E-state index is 0.978. The van der Waals surface area contributed by atoms with Gasteiger partial charge in [0.15, 0.2) is 0 Å². The highest BCUT2D eigenvalue weighted by Crippen LogP contribution is 2.08. The predicted molar refractivity (Wildman–Crippen MR) is 48.2 cm³/mol. The van der Waals surface area contributed by atoms with Crippen molar-refractivity contribution in [2.45, 2.75) is 26.7 Å². The van der Waals surface area contributed by atoms with E-state index in [1.807, 2.05) is 2.90 Å². The number of hydrogen-bond acceptors (Lipinski definition) is 2. The molecule has 1 aromatic rings. The van der Waals surface area contributed by atoms with Crippen molar-refractivity contribution in [3.8, 4) is 0 Å². The van der Waals surface area contributed by atoms with Gasteiger partial charge >= 0.3 is 0 Å². The van der Waals surface area contributed by atoms with E-state index in [0.717, 1.165) is 18.5 Å². The largest absolute Gasteiger partial charge is 0.188 e. The third kappa shape index (κ3) is 1.31. The fourth-order valence-corrected chi connectivity index (χ4v) is 1.64. The molecule has 0 aliphatic rings. The first-order valence-corrected chi connectivity index (χ1v) is 4.35. The average molecular weight is 251 g/mol. The topological polar surface area (TPSA) is 30.7 Å². The van der Waals surface area contributed by atoms with Crippen LogP contribution in [0.1, 0.15) is 25.2 Å². The molecule has 0 saturated carbocycles. The van der Waals surface area contributed by atoms with Crippen LogP contribution < -0.4 is 0 Å². The van der Waals surface area contributed by atoms with Crippen molar-refractivity contribution in [3.63, 3.8) is 0 Å². The Hall–Kier alpha value is -0.130. The van der Waals surface area contributed by atoms with Crippen LogP contribution in [-0.2, 0) is 12.8 Å². The number of rotatable bonds is 2. The molecule has 0 aliphatic heterocycles. The smallest absolute Gasteiger partial charge is 0.0867 e. The summed E-state index contributed by atoms with van der Waals surface area (Å²) in [6.07, 6.45) is 1.99. The van der Waals surface area contributed by atoms with Crippen molar-refractivity contribution in [3.05, 3.63) is 11.4 Å². The first kappa shape index (κ1) is 7.97. The Balaban J connectivity index is 3.01. The third-order valence-electron chi connectivity index (χ3n) is 1.47. The quantitative estimate of drug-likeness (QED) is 0.747. The van der Waals surface area contributed by atoms with E-state index in [4.69, 9.17) is 0 Å². The van der Waals surface area contributed by atoms with E-state index in [1.54, 1.807) is 0 Å². The van der Waals surface area contributed by atoms with Crippen LogP contribution in [0.2, 0.25) is 0 Å². The third-order valence-corrected chi connectivity index (χ3v) is 2.24. The summed E-state index contributed by atoms with van der Waals surface area (Å²) in [7, 11) is 0. The van der Waals surface area contributed by atoms with Crippen LogP contribution in [0.15, 0.2) is 0 Å². The first-order chi connectivity index (χ1) is 4.79. The standard InChI is InChI=1S/C6H10IN3/c1-3-5-6(4-2)10(7)9-8-5/h3-4H2,1-2H3. The summed E-state index contributed by atoms with van der Waals surface area (Å²) < 4.78 is 1.82. The van der Waals surface area contributed by atoms with Gasteiger partial charge in [-0.2, -0.15) is 2.90 Å². The number of nitrogens with zero attached hydrogens (tertiary/aromatic N) is 3. The summed E-state index contributed by atoms with van der Waals surface area (Å²) in [6, 6.07) is 0. The molecule has 1 aromatic heterocycles. The highest BCUT2D eigenvalue weighted by Gasteiger charge is 2.05. The summed E-state index contributed by atoms with van der Waals surface area (Å²) in [5, 5.41) is 7.92. The minimum Gasteiger partial charge on any atom is -0.188 e. The maximum atomic E-state index is 4.01. The van der Waals surface area contributed by atoms with Crippen molar-refractivity contribution in [1.82, 2.24) is 13.2 Å². The number of hydrogen-bond donors (Lipinski definition) is 0. The van der Waals surface area contributed by atoms with Gasteiger partial charge in [0.2, 0.25) is 0 Å². The molecule has 0 unspecified atom stereocenters. The van der Waals surface area contributed by atoms with Gasteiger partial charge in [-0.1, -0.05) is 19.1 Å². The lowest BCUT2D eigenvalue weighted by Crippen LogP contribution is -1.92. The zero-order valence-electron chi connectivity index (χ0n) is 6.13. The maximum Gasteiger partial charge on any atom is 0.0867 e. The van der Waals surface area contributed by atoms with Gasteiger partial charge in [0, 0.05) is 0 Å². The summed E-state index contributed by atoms with van der Waals surface area (Å²) in [5.74, 6) is 0. The van der Waals surface area contributed by atoms with Crippen LogP contribution in [0, 0.1) is 0 Å². The summed E-state index contributed by atoms with van der Waals surface area (Å²) in [6.45, 7) is 4.22. The zero-order chi connectivity index (χ0) is 7.56. The van der Waals surface area contributed by atoms with Gasteiger partial charge in [-0.25, -0.2) is 0 Å². The van der Waals surface area contributed by atoms with Gasteiger partial charge in [-0.3, -0.25) is 0 Å². The lowest BCUT2D eigenvalue weighted by molar-refractivity contribution is 0.880. The molecule has 0 fully saturated rings. The summed E-state index contributed by atoms with van der Waals surface area (Å²) in [5.41, 5.74) is 2.36. The molecule has 0 bridgehead atoms. The van der Waals surface area contributed by atoms with Crippen LogP contribution in [0.3, 0.4) is 0 Å². The molecule has 1 heterocycles. The molecule has 0 N–H and O–H groups in total. The maximum absolute atomic E-state index is 4.01. The van der Waals surface area contributed by atoms with Crippen LogP contribution in [-0.4, -0.2) is 13.2 Å². The second-order valence-electron chi connectivity index (χ2n) is 2.05. The summed E-state index contributed by atoms with van der Waals surface area (Å²) in [4.78, 5) is 0. The molecule has 0 amide bonds. The molecule has 0 aliphatic carbocycles. The summed E-state index contributed by atoms with van der Waals surface area (Å²) >= 11 is 2.15. The van der Waals surface area contributed by atoms with Crippen molar-refractivity contribution in [1.29, 1.82) is 0 Å². The van der Waals surface area contributed by atoms with Gasteiger partial charge in [-0.15, -0.1) is 5.10 Å². The zero-order valence-corrected chi connectivity index (χ0v) is 8.29. The molecule has 4 heteroatoms. The lowest BCUT2D eigenvalue weighted by atomic mass is 10.2. The molecule has 1 rings (SSSR count). The first-order valence-electron chi connectivity index (χ1n) is 3.39. The Labute approximate surface area is 74.3 Å². The highest BCUT2D eigenvalue weighted by atomic mass is 127. The van der Waals surface area contributed by atoms with Gasteiger partial charge in [-0.05, 0) is 12.8 Å². The molecule has 0 saturated heterocycles. The molecule has 0 radical (unpaired) electrons. The van der Waals surface area contributed by atoms with Crippen LogP contribution in [0.25, 0.3) is 0 Å². The van der Waals surface area contributed by atoms with Crippen LogP contribution in [0.4, 0.5) is 0 Å². The van der Waals surface area contributed by atoms with Crippen LogP contribution >= 0.6 is 22.9 Å². The second kappa shape index (κ2) is 3.32. The fourth-order valence-electron chi connectivity index (χ4n) is 0.921. The van der Waals surface area contributed by atoms with E-state index < -0.39 is 0 Å². The second-order valence-corrected chi connectivity index (χ2v) is 2.96. The Morgan fingerprint density at radius 1 is 1.40 bits per heavy atom. The Morgan fingerprint density at radius 3 is 2.50 bits per heavy atom. The monoisotopic (exact) mass is 251 g/mol. The van der Waals surface area contributed by atoms with Crippen molar-refractivity contribution in [2.75, 3.05) is 0 Å². The molecule has 0 atom stereocenters. The van der Waals surface area contributed by atoms with E-state index >= 15 is 0 Å². The van der Waals surface area contributed by atoms with Crippen molar-refractivity contribution in [2.24, 2.45) is 0 Å². The highest BCUT2D eigenvalue weighted by molar-refractivity contribution is 14.1. The molecule has 0 aromatic carbocycles. The van der Waals surface area contributed by atoms with E-state index in [9.17, 15) is 0 Å². The van der Waals surface area contributed by atoms with Gasteiger partial charge in [0.05, 0.1) is 34.3 Å². The fraction of sp³-hybridized carbons (Fsp3) is 0.667. The molecule has 3 nitrogen and oxygen atoms in total. The minimum absolute atomic E-state index is 0.978. The number of aryl methyl sites for hydroxylation is 1. The Kier molecular flexibility index (Phi) is 2.64. The van der Waals surface area contributed by atoms with Crippen LogP contribution in [0.5, 0.6) is 0 Å². The van der Waals surface area contributed by atoms with E-state index in [-0.39, 0.29) is 0 Å². The number of aromatic nitrogens is 3. The van der Waals surface area contributed by atoms with Crippen molar-refractivity contribution >= 4 is 22.9 Å². The number of halogens is 1. The van der Waals surface area contributed by atoms with E-state index in [2.05, 4.69) is 47.0 Å².